The second-order valence-corrected chi connectivity index (χ2v) is 16.6. The first kappa shape index (κ1) is 34.4. The highest BCUT2D eigenvalue weighted by Crippen LogP contribution is 2.52. The van der Waals surface area contributed by atoms with Crippen LogP contribution in [0.3, 0.4) is 0 Å². The molecule has 3 heteroatoms. The molecule has 0 bridgehead atoms. The molecule has 9 aromatic carbocycles. The van der Waals surface area contributed by atoms with Crippen LogP contribution in [0, 0.1) is 0 Å². The second kappa shape index (κ2) is 13.2. The van der Waals surface area contributed by atoms with Crippen LogP contribution in [0.2, 0.25) is 0 Å². The SMILES string of the molecule is CC1(C)c2cc(N(c3ccc(-c4ccccc4)cc3)c3ccc(-c4ccc5oc6ccccc6c5c4)cc3)ccc2-c2ccc(-n3c4ccccc4c4ccccc43)cc21. The van der Waals surface area contributed by atoms with E-state index in [-0.39, 0.29) is 5.41 Å². The van der Waals surface area contributed by atoms with Crippen LogP contribution in [-0.2, 0) is 5.41 Å². The van der Waals surface area contributed by atoms with Crippen molar-refractivity contribution in [3.63, 3.8) is 0 Å². The number of furan rings is 1. The molecule has 11 aromatic rings. The summed E-state index contributed by atoms with van der Waals surface area (Å²) in [6.45, 7) is 4.76. The number of nitrogens with zero attached hydrogens (tertiary/aromatic N) is 2. The van der Waals surface area contributed by atoms with Gasteiger partial charge in [-0.3, -0.25) is 0 Å². The van der Waals surface area contributed by atoms with E-state index < -0.39 is 0 Å². The van der Waals surface area contributed by atoms with Crippen molar-refractivity contribution in [3.05, 3.63) is 217 Å². The van der Waals surface area contributed by atoms with Crippen molar-refractivity contribution in [1.82, 2.24) is 4.57 Å². The molecular formula is C57H40N2O. The van der Waals surface area contributed by atoms with Gasteiger partial charge in [0.25, 0.3) is 0 Å². The molecular weight excluding hydrogens is 729 g/mol. The third-order valence-corrected chi connectivity index (χ3v) is 12.8. The largest absolute Gasteiger partial charge is 0.456 e. The van der Waals surface area contributed by atoms with Gasteiger partial charge in [-0.15, -0.1) is 0 Å². The van der Waals surface area contributed by atoms with E-state index in [0.717, 1.165) is 50.1 Å². The van der Waals surface area contributed by atoms with Crippen LogP contribution in [0.4, 0.5) is 17.1 Å². The number of para-hydroxylation sites is 3. The van der Waals surface area contributed by atoms with E-state index >= 15 is 0 Å². The molecule has 0 atom stereocenters. The van der Waals surface area contributed by atoms with Crippen LogP contribution in [0.1, 0.15) is 25.0 Å². The van der Waals surface area contributed by atoms with E-state index in [1.165, 1.54) is 60.9 Å². The minimum Gasteiger partial charge on any atom is -0.456 e. The van der Waals surface area contributed by atoms with Gasteiger partial charge in [-0.25, -0.2) is 0 Å². The van der Waals surface area contributed by atoms with Gasteiger partial charge in [0.05, 0.1) is 11.0 Å². The number of aromatic nitrogens is 1. The van der Waals surface area contributed by atoms with E-state index in [4.69, 9.17) is 4.42 Å². The molecule has 0 saturated carbocycles. The van der Waals surface area contributed by atoms with E-state index in [1.54, 1.807) is 0 Å². The zero-order chi connectivity index (χ0) is 40.0. The Kier molecular flexibility index (Phi) is 7.58. The first-order valence-corrected chi connectivity index (χ1v) is 20.7. The quantitative estimate of drug-likeness (QED) is 0.168. The lowest BCUT2D eigenvalue weighted by atomic mass is 9.82. The van der Waals surface area contributed by atoms with Crippen molar-refractivity contribution < 1.29 is 4.42 Å². The highest BCUT2D eigenvalue weighted by atomic mass is 16.3. The Morgan fingerprint density at radius 1 is 0.383 bits per heavy atom. The van der Waals surface area contributed by atoms with E-state index in [2.05, 4.69) is 217 Å². The highest BCUT2D eigenvalue weighted by Gasteiger charge is 2.36. The summed E-state index contributed by atoms with van der Waals surface area (Å²) in [7, 11) is 0. The summed E-state index contributed by atoms with van der Waals surface area (Å²) in [6.07, 6.45) is 0. The molecule has 60 heavy (non-hydrogen) atoms. The zero-order valence-corrected chi connectivity index (χ0v) is 33.4. The molecule has 0 saturated heterocycles. The van der Waals surface area contributed by atoms with Crippen LogP contribution in [0.25, 0.3) is 82.8 Å². The lowest BCUT2D eigenvalue weighted by Gasteiger charge is -2.28. The maximum Gasteiger partial charge on any atom is 0.135 e. The van der Waals surface area contributed by atoms with Gasteiger partial charge in [0.2, 0.25) is 0 Å². The van der Waals surface area contributed by atoms with Crippen LogP contribution in [-0.4, -0.2) is 4.57 Å². The van der Waals surface area contributed by atoms with Crippen molar-refractivity contribution in [2.45, 2.75) is 19.3 Å². The van der Waals surface area contributed by atoms with E-state index in [0.29, 0.717) is 0 Å². The number of fused-ring (bicyclic) bond motifs is 9. The van der Waals surface area contributed by atoms with Gasteiger partial charge in [-0.05, 0) is 123 Å². The molecule has 0 unspecified atom stereocenters. The van der Waals surface area contributed by atoms with Gasteiger partial charge in [0.1, 0.15) is 11.2 Å². The van der Waals surface area contributed by atoms with E-state index in [9.17, 15) is 0 Å². The number of rotatable bonds is 6. The maximum atomic E-state index is 6.14. The maximum absolute atomic E-state index is 6.14. The predicted molar refractivity (Wildman–Crippen MR) is 251 cm³/mol. The molecule has 284 valence electrons. The standard InChI is InChI=1S/C57H40N2O/c1-57(2)51-35-43(29-31-45(51)46-32-30-44(36-52(46)57)59-53-17-9-6-14-47(53)48-15-7-10-18-54(48)59)58(41-25-20-38(21-26-41)37-12-4-3-5-13-37)42-27-22-39(23-28-42)40-24-33-56-50(34-40)49-16-8-11-19-55(49)60-56/h3-36H,1-2H3. The Labute approximate surface area is 349 Å². The van der Waals surface area contributed by atoms with Gasteiger partial charge < -0.3 is 13.9 Å². The first-order valence-electron chi connectivity index (χ1n) is 20.7. The Hall–Kier alpha value is -7.62. The molecule has 0 fully saturated rings. The van der Waals surface area contributed by atoms with Crippen molar-refractivity contribution in [2.24, 2.45) is 0 Å². The van der Waals surface area contributed by atoms with Gasteiger partial charge >= 0.3 is 0 Å². The molecule has 0 aliphatic heterocycles. The molecule has 1 aliphatic carbocycles. The molecule has 0 amide bonds. The van der Waals surface area contributed by atoms with Crippen LogP contribution in [0.5, 0.6) is 0 Å². The van der Waals surface area contributed by atoms with Gasteiger partial charge in [0, 0.05) is 49.7 Å². The topological polar surface area (TPSA) is 21.3 Å². The molecule has 12 rings (SSSR count). The summed E-state index contributed by atoms with van der Waals surface area (Å²) in [6, 6.07) is 75.0. The van der Waals surface area contributed by atoms with E-state index in [1.807, 2.05) is 12.1 Å². The Bertz CT molecular complexity index is 3390. The van der Waals surface area contributed by atoms with Crippen molar-refractivity contribution in [3.8, 4) is 39.1 Å². The molecule has 0 radical (unpaired) electrons. The first-order chi connectivity index (χ1) is 29.5. The molecule has 2 aromatic heterocycles. The summed E-state index contributed by atoms with van der Waals surface area (Å²) in [4.78, 5) is 2.40. The zero-order valence-electron chi connectivity index (χ0n) is 33.4. The molecule has 3 nitrogen and oxygen atoms in total. The highest BCUT2D eigenvalue weighted by molar-refractivity contribution is 6.09. The second-order valence-electron chi connectivity index (χ2n) is 16.6. The normalized spacial score (nSPS) is 13.0. The Balaban J connectivity index is 0.954. The Morgan fingerprint density at radius 3 is 1.57 bits per heavy atom. The van der Waals surface area contributed by atoms with Gasteiger partial charge in [0.15, 0.2) is 0 Å². The van der Waals surface area contributed by atoms with Gasteiger partial charge in [-0.2, -0.15) is 0 Å². The van der Waals surface area contributed by atoms with Crippen molar-refractivity contribution in [2.75, 3.05) is 4.90 Å². The van der Waals surface area contributed by atoms with Crippen LogP contribution < -0.4 is 4.90 Å². The number of anilines is 3. The minimum atomic E-state index is -0.224. The summed E-state index contributed by atoms with van der Waals surface area (Å²) in [5.74, 6) is 0. The average molecular weight is 769 g/mol. The average Bonchev–Trinajstić information content (AvgIpc) is 3.92. The molecule has 0 N–H and O–H groups in total. The fourth-order valence-corrected chi connectivity index (χ4v) is 9.78. The number of hydrogen-bond donors (Lipinski definition) is 0. The van der Waals surface area contributed by atoms with Crippen LogP contribution in [0.15, 0.2) is 211 Å². The lowest BCUT2D eigenvalue weighted by molar-refractivity contribution is 0.660. The third kappa shape index (κ3) is 5.29. The fraction of sp³-hybridized carbons (Fsp3) is 0.0526. The smallest absolute Gasteiger partial charge is 0.135 e. The molecule has 0 spiro atoms. The van der Waals surface area contributed by atoms with Crippen molar-refractivity contribution >= 4 is 60.8 Å². The molecule has 1 aliphatic rings. The third-order valence-electron chi connectivity index (χ3n) is 12.8. The Morgan fingerprint density at radius 2 is 0.883 bits per heavy atom. The fourth-order valence-electron chi connectivity index (χ4n) is 9.78. The monoisotopic (exact) mass is 768 g/mol. The van der Waals surface area contributed by atoms with Crippen LogP contribution >= 0.6 is 0 Å². The van der Waals surface area contributed by atoms with Crippen molar-refractivity contribution in [1.29, 1.82) is 0 Å². The molecule has 2 heterocycles. The van der Waals surface area contributed by atoms with Gasteiger partial charge in [-0.1, -0.05) is 141 Å². The number of hydrogen-bond acceptors (Lipinski definition) is 2. The number of benzene rings is 9. The predicted octanol–water partition coefficient (Wildman–Crippen LogP) is 15.8. The summed E-state index contributed by atoms with van der Waals surface area (Å²) in [5, 5.41) is 4.83. The summed E-state index contributed by atoms with van der Waals surface area (Å²) < 4.78 is 8.57. The summed E-state index contributed by atoms with van der Waals surface area (Å²) >= 11 is 0. The summed E-state index contributed by atoms with van der Waals surface area (Å²) in [5.41, 5.74) is 18.6. The minimum absolute atomic E-state index is 0.224. The lowest BCUT2D eigenvalue weighted by Crippen LogP contribution is -2.17.